The lowest BCUT2D eigenvalue weighted by atomic mass is 10.2. The molecule has 0 unspecified atom stereocenters. The van der Waals surface area contributed by atoms with Gasteiger partial charge in [0.05, 0.1) is 19.4 Å². The smallest absolute Gasteiger partial charge is 0.161 e. The molecule has 1 aromatic carbocycles. The molecule has 0 saturated carbocycles. The van der Waals surface area contributed by atoms with Crippen molar-refractivity contribution >= 4 is 11.3 Å². The zero-order chi connectivity index (χ0) is 13.7. The van der Waals surface area contributed by atoms with Crippen LogP contribution in [0.5, 0.6) is 11.5 Å². The summed E-state index contributed by atoms with van der Waals surface area (Å²) >= 11 is 1.59. The molecule has 1 aromatic heterocycles. The maximum Gasteiger partial charge on any atom is 0.161 e. The molecule has 0 aliphatic rings. The number of hydrogen-bond acceptors (Lipinski definition) is 5. The fourth-order valence-electron chi connectivity index (χ4n) is 1.67. The third-order valence-electron chi connectivity index (χ3n) is 2.63. The summed E-state index contributed by atoms with van der Waals surface area (Å²) in [6, 6.07) is 5.86. The van der Waals surface area contributed by atoms with E-state index in [4.69, 9.17) is 15.2 Å². The van der Waals surface area contributed by atoms with E-state index in [-0.39, 0.29) is 0 Å². The van der Waals surface area contributed by atoms with Gasteiger partial charge in [-0.3, -0.25) is 0 Å². The van der Waals surface area contributed by atoms with Crippen molar-refractivity contribution in [1.82, 2.24) is 4.98 Å². The van der Waals surface area contributed by atoms with E-state index in [1.165, 1.54) is 0 Å². The zero-order valence-corrected chi connectivity index (χ0v) is 12.0. The predicted molar refractivity (Wildman–Crippen MR) is 77.8 cm³/mol. The minimum absolute atomic E-state index is 0.464. The minimum Gasteiger partial charge on any atom is -0.493 e. The molecule has 0 fully saturated rings. The molecule has 0 atom stereocenters. The molecule has 19 heavy (non-hydrogen) atoms. The summed E-state index contributed by atoms with van der Waals surface area (Å²) in [6.45, 7) is 3.21. The van der Waals surface area contributed by atoms with Crippen molar-refractivity contribution in [3.05, 3.63) is 29.3 Å². The molecule has 0 aliphatic heterocycles. The monoisotopic (exact) mass is 278 g/mol. The second-order valence-corrected chi connectivity index (χ2v) is 4.92. The average molecular weight is 278 g/mol. The second kappa shape index (κ2) is 6.54. The first kappa shape index (κ1) is 13.8. The Morgan fingerprint density at radius 2 is 2.16 bits per heavy atom. The molecule has 0 amide bonds. The fourth-order valence-corrected chi connectivity index (χ4v) is 2.50. The highest BCUT2D eigenvalue weighted by atomic mass is 32.1. The molecule has 2 rings (SSSR count). The van der Waals surface area contributed by atoms with Gasteiger partial charge >= 0.3 is 0 Å². The Labute approximate surface area is 117 Å². The topological polar surface area (TPSA) is 57.4 Å². The summed E-state index contributed by atoms with van der Waals surface area (Å²) in [7, 11) is 1.64. The van der Waals surface area contributed by atoms with Gasteiger partial charge in [0.25, 0.3) is 0 Å². The fraction of sp³-hybridized carbons (Fsp3) is 0.357. The highest BCUT2D eigenvalue weighted by Crippen LogP contribution is 2.33. The van der Waals surface area contributed by atoms with Gasteiger partial charge in [-0.05, 0) is 24.6 Å². The van der Waals surface area contributed by atoms with Crippen LogP contribution >= 0.6 is 11.3 Å². The van der Waals surface area contributed by atoms with Gasteiger partial charge in [-0.2, -0.15) is 0 Å². The number of hydrogen-bond donors (Lipinski definition) is 1. The van der Waals surface area contributed by atoms with Crippen LogP contribution in [0.4, 0.5) is 0 Å². The van der Waals surface area contributed by atoms with Crippen molar-refractivity contribution < 1.29 is 9.47 Å². The van der Waals surface area contributed by atoms with Crippen LogP contribution in [-0.2, 0) is 6.54 Å². The van der Waals surface area contributed by atoms with Crippen molar-refractivity contribution in [1.29, 1.82) is 0 Å². The molecular formula is C14H18N2O2S. The Kier molecular flexibility index (Phi) is 4.76. The Bertz CT molecular complexity index is 540. The van der Waals surface area contributed by atoms with E-state index >= 15 is 0 Å². The van der Waals surface area contributed by atoms with Crippen LogP contribution in [-0.4, -0.2) is 18.7 Å². The first-order valence-electron chi connectivity index (χ1n) is 6.24. The molecule has 2 aromatic rings. The maximum absolute atomic E-state index is 5.70. The Morgan fingerprint density at radius 3 is 2.79 bits per heavy atom. The minimum atomic E-state index is 0.464. The Hall–Kier alpha value is -1.59. The number of ether oxygens (including phenoxy) is 2. The van der Waals surface area contributed by atoms with Crippen molar-refractivity contribution in [2.24, 2.45) is 5.73 Å². The van der Waals surface area contributed by atoms with Crippen molar-refractivity contribution in [3.63, 3.8) is 0 Å². The largest absolute Gasteiger partial charge is 0.493 e. The summed E-state index contributed by atoms with van der Waals surface area (Å²) in [6.07, 6.45) is 0.960. The Morgan fingerprint density at radius 1 is 1.32 bits per heavy atom. The van der Waals surface area contributed by atoms with E-state index in [1.54, 1.807) is 18.4 Å². The van der Waals surface area contributed by atoms with Crippen LogP contribution < -0.4 is 15.2 Å². The molecule has 0 bridgehead atoms. The summed E-state index contributed by atoms with van der Waals surface area (Å²) < 4.78 is 11.0. The average Bonchev–Trinajstić information content (AvgIpc) is 2.93. The van der Waals surface area contributed by atoms with E-state index < -0.39 is 0 Å². The van der Waals surface area contributed by atoms with Gasteiger partial charge in [-0.1, -0.05) is 6.92 Å². The second-order valence-electron chi connectivity index (χ2n) is 4.06. The number of benzene rings is 1. The number of nitrogens with two attached hydrogens (primary N) is 1. The van der Waals surface area contributed by atoms with Crippen LogP contribution in [0.1, 0.15) is 19.0 Å². The van der Waals surface area contributed by atoms with Crippen molar-refractivity contribution in [2.45, 2.75) is 19.9 Å². The van der Waals surface area contributed by atoms with Gasteiger partial charge in [-0.25, -0.2) is 4.98 Å². The Balaban J connectivity index is 2.30. The first-order valence-corrected chi connectivity index (χ1v) is 7.12. The predicted octanol–water partition coefficient (Wildman–Crippen LogP) is 3.07. The highest BCUT2D eigenvalue weighted by Gasteiger charge is 2.09. The van der Waals surface area contributed by atoms with Gasteiger partial charge in [0, 0.05) is 17.5 Å². The molecule has 0 spiro atoms. The lowest BCUT2D eigenvalue weighted by Crippen LogP contribution is -1.98. The van der Waals surface area contributed by atoms with Crippen molar-refractivity contribution in [2.75, 3.05) is 13.7 Å². The summed E-state index contributed by atoms with van der Waals surface area (Å²) in [5.74, 6) is 1.50. The SMILES string of the molecule is CCCOc1cc(-c2nc(CN)cs2)ccc1OC. The van der Waals surface area contributed by atoms with E-state index in [2.05, 4.69) is 11.9 Å². The van der Waals surface area contributed by atoms with E-state index in [0.717, 1.165) is 34.2 Å². The van der Waals surface area contributed by atoms with Crippen molar-refractivity contribution in [3.8, 4) is 22.1 Å². The molecule has 5 heteroatoms. The number of nitrogens with zero attached hydrogens (tertiary/aromatic N) is 1. The number of thiazole rings is 1. The summed E-state index contributed by atoms with van der Waals surface area (Å²) in [5.41, 5.74) is 7.52. The molecule has 4 nitrogen and oxygen atoms in total. The lowest BCUT2D eigenvalue weighted by molar-refractivity contribution is 0.294. The van der Waals surface area contributed by atoms with Crippen LogP contribution in [0.25, 0.3) is 10.6 Å². The van der Waals surface area contributed by atoms with Gasteiger partial charge < -0.3 is 15.2 Å². The van der Waals surface area contributed by atoms with E-state index in [9.17, 15) is 0 Å². The molecular weight excluding hydrogens is 260 g/mol. The maximum atomic E-state index is 5.70. The molecule has 102 valence electrons. The molecule has 0 saturated heterocycles. The van der Waals surface area contributed by atoms with Gasteiger partial charge in [0.15, 0.2) is 11.5 Å². The third-order valence-corrected chi connectivity index (χ3v) is 3.57. The molecule has 0 aliphatic carbocycles. The molecule has 1 heterocycles. The van der Waals surface area contributed by atoms with Crippen LogP contribution in [0.2, 0.25) is 0 Å². The van der Waals surface area contributed by atoms with Gasteiger partial charge in [0.1, 0.15) is 5.01 Å². The third kappa shape index (κ3) is 3.24. The lowest BCUT2D eigenvalue weighted by Gasteiger charge is -2.10. The number of rotatable bonds is 6. The quantitative estimate of drug-likeness (QED) is 0.882. The highest BCUT2D eigenvalue weighted by molar-refractivity contribution is 7.13. The van der Waals surface area contributed by atoms with Crippen LogP contribution in [0, 0.1) is 0 Å². The van der Waals surface area contributed by atoms with Gasteiger partial charge in [-0.15, -0.1) is 11.3 Å². The summed E-state index contributed by atoms with van der Waals surface area (Å²) in [5, 5.41) is 2.93. The molecule has 2 N–H and O–H groups in total. The number of methoxy groups -OCH3 is 1. The van der Waals surface area contributed by atoms with E-state index in [0.29, 0.717) is 13.2 Å². The normalized spacial score (nSPS) is 10.5. The van der Waals surface area contributed by atoms with Crippen LogP contribution in [0.15, 0.2) is 23.6 Å². The number of aromatic nitrogens is 1. The zero-order valence-electron chi connectivity index (χ0n) is 11.2. The molecule has 0 radical (unpaired) electrons. The van der Waals surface area contributed by atoms with Crippen LogP contribution in [0.3, 0.4) is 0 Å². The first-order chi connectivity index (χ1) is 9.28. The van der Waals surface area contributed by atoms with Gasteiger partial charge in [0.2, 0.25) is 0 Å². The standard InChI is InChI=1S/C14H18N2O2S/c1-3-6-18-13-7-10(4-5-12(13)17-2)14-16-11(8-15)9-19-14/h4-5,7,9H,3,6,8,15H2,1-2H3. The summed E-state index contributed by atoms with van der Waals surface area (Å²) in [4.78, 5) is 4.47. The van der Waals surface area contributed by atoms with E-state index in [1.807, 2.05) is 23.6 Å².